The van der Waals surface area contributed by atoms with Crippen LogP contribution in [0, 0.1) is 11.7 Å². The Morgan fingerprint density at radius 1 is 1.35 bits per heavy atom. The van der Waals surface area contributed by atoms with Crippen molar-refractivity contribution >= 4 is 15.9 Å². The lowest BCUT2D eigenvalue weighted by Gasteiger charge is -2.16. The fourth-order valence-corrected chi connectivity index (χ4v) is 2.21. The monoisotopic (exact) mass is 302 g/mol. The summed E-state index contributed by atoms with van der Waals surface area (Å²) in [6.07, 6.45) is 2.16. The highest BCUT2D eigenvalue weighted by molar-refractivity contribution is 9.09. The zero-order valence-electron chi connectivity index (χ0n) is 10.5. The van der Waals surface area contributed by atoms with Gasteiger partial charge in [-0.2, -0.15) is 0 Å². The fourth-order valence-electron chi connectivity index (χ4n) is 1.65. The molecule has 1 atom stereocenters. The molecule has 1 aromatic rings. The number of halogens is 2. The molecule has 0 saturated heterocycles. The van der Waals surface area contributed by atoms with Crippen molar-refractivity contribution in [2.75, 3.05) is 11.9 Å². The van der Waals surface area contributed by atoms with Crippen molar-refractivity contribution in [2.45, 2.75) is 32.8 Å². The summed E-state index contributed by atoms with van der Waals surface area (Å²) in [5, 5.41) is 0.693. The van der Waals surface area contributed by atoms with Gasteiger partial charge in [0, 0.05) is 11.9 Å². The van der Waals surface area contributed by atoms with Crippen molar-refractivity contribution in [3.63, 3.8) is 0 Å². The van der Waals surface area contributed by atoms with Gasteiger partial charge in [-0.25, -0.2) is 4.39 Å². The van der Waals surface area contributed by atoms with E-state index >= 15 is 0 Å². The number of alkyl halides is 1. The average molecular weight is 303 g/mol. The second-order valence-corrected chi connectivity index (χ2v) is 5.25. The predicted octanol–water partition coefficient (Wildman–Crippen LogP) is 4.71. The van der Waals surface area contributed by atoms with Crippen LogP contribution >= 0.6 is 15.9 Å². The first-order valence-corrected chi connectivity index (χ1v) is 7.18. The maximum absolute atomic E-state index is 13.1. The topological polar surface area (TPSA) is 9.23 Å². The lowest BCUT2D eigenvalue weighted by Crippen LogP contribution is -2.08. The van der Waals surface area contributed by atoms with Gasteiger partial charge >= 0.3 is 0 Å². The number of benzene rings is 1. The quantitative estimate of drug-likeness (QED) is 0.523. The third-order valence-corrected chi connectivity index (χ3v) is 3.19. The van der Waals surface area contributed by atoms with Crippen molar-refractivity contribution in [3.8, 4) is 0 Å². The number of rotatable bonds is 7. The van der Waals surface area contributed by atoms with E-state index in [2.05, 4.69) is 29.8 Å². The molecule has 0 N–H and O–H groups in total. The van der Waals surface area contributed by atoms with E-state index in [1.807, 2.05) is 6.07 Å². The van der Waals surface area contributed by atoms with Gasteiger partial charge in [-0.05, 0) is 36.5 Å². The molecule has 0 aliphatic rings. The van der Waals surface area contributed by atoms with E-state index in [9.17, 15) is 4.39 Å². The minimum atomic E-state index is -0.209. The Kier molecular flexibility index (Phi) is 6.75. The van der Waals surface area contributed by atoms with Crippen molar-refractivity contribution in [1.29, 1.82) is 0 Å². The number of hydrogen-bond acceptors (Lipinski definition) is 1. The standard InChI is InChI=1S/C14H20BrFO/c1-11(2)5-4-8-17-14(10-15)12-6-3-7-13(16)9-12/h3,6-7,9,11,14H,4-5,8,10H2,1-2H3. The first kappa shape index (κ1) is 14.7. The molecule has 0 aliphatic carbocycles. The molecule has 0 heterocycles. The molecular formula is C14H20BrFO. The van der Waals surface area contributed by atoms with E-state index in [4.69, 9.17) is 4.74 Å². The highest BCUT2D eigenvalue weighted by Crippen LogP contribution is 2.21. The third-order valence-electron chi connectivity index (χ3n) is 2.61. The fraction of sp³-hybridized carbons (Fsp3) is 0.571. The Morgan fingerprint density at radius 2 is 2.12 bits per heavy atom. The molecule has 0 amide bonds. The van der Waals surface area contributed by atoms with Gasteiger partial charge in [0.1, 0.15) is 5.82 Å². The number of ether oxygens (including phenoxy) is 1. The maximum atomic E-state index is 13.1. The summed E-state index contributed by atoms with van der Waals surface area (Å²) in [6.45, 7) is 5.13. The Morgan fingerprint density at radius 3 is 2.71 bits per heavy atom. The molecule has 0 radical (unpaired) electrons. The molecule has 1 nitrogen and oxygen atoms in total. The van der Waals surface area contributed by atoms with Gasteiger partial charge < -0.3 is 4.74 Å². The summed E-state index contributed by atoms with van der Waals surface area (Å²) in [5.74, 6) is 0.495. The highest BCUT2D eigenvalue weighted by atomic mass is 79.9. The summed E-state index contributed by atoms with van der Waals surface area (Å²) in [5.41, 5.74) is 0.895. The molecule has 96 valence electrons. The van der Waals surface area contributed by atoms with E-state index in [-0.39, 0.29) is 11.9 Å². The molecule has 0 bridgehead atoms. The van der Waals surface area contributed by atoms with Gasteiger partial charge in [0.05, 0.1) is 6.10 Å². The van der Waals surface area contributed by atoms with Gasteiger partial charge in [-0.1, -0.05) is 41.9 Å². The van der Waals surface area contributed by atoms with E-state index < -0.39 is 0 Å². The Labute approximate surface area is 111 Å². The van der Waals surface area contributed by atoms with Crippen molar-refractivity contribution < 1.29 is 9.13 Å². The molecule has 17 heavy (non-hydrogen) atoms. The van der Waals surface area contributed by atoms with Crippen LogP contribution in [0.2, 0.25) is 0 Å². The van der Waals surface area contributed by atoms with Crippen LogP contribution in [-0.2, 0) is 4.74 Å². The summed E-state index contributed by atoms with van der Waals surface area (Å²) < 4.78 is 18.9. The summed E-state index contributed by atoms with van der Waals surface area (Å²) in [6, 6.07) is 6.61. The lowest BCUT2D eigenvalue weighted by atomic mass is 10.1. The van der Waals surface area contributed by atoms with Gasteiger partial charge in [0.2, 0.25) is 0 Å². The maximum Gasteiger partial charge on any atom is 0.123 e. The molecule has 0 aromatic heterocycles. The first-order chi connectivity index (χ1) is 8.13. The van der Waals surface area contributed by atoms with Crippen LogP contribution < -0.4 is 0 Å². The van der Waals surface area contributed by atoms with Crippen LogP contribution in [0.15, 0.2) is 24.3 Å². The number of hydrogen-bond donors (Lipinski definition) is 0. The van der Waals surface area contributed by atoms with Crippen LogP contribution in [0.1, 0.15) is 38.4 Å². The molecule has 1 rings (SSSR count). The van der Waals surface area contributed by atoms with E-state index in [0.717, 1.165) is 25.0 Å². The Hall–Kier alpha value is -0.410. The van der Waals surface area contributed by atoms with Crippen LogP contribution in [0.25, 0.3) is 0 Å². The first-order valence-electron chi connectivity index (χ1n) is 6.06. The van der Waals surface area contributed by atoms with E-state index in [1.165, 1.54) is 12.1 Å². The summed E-state index contributed by atoms with van der Waals surface area (Å²) in [4.78, 5) is 0. The minimum Gasteiger partial charge on any atom is -0.373 e. The van der Waals surface area contributed by atoms with E-state index in [1.54, 1.807) is 6.07 Å². The van der Waals surface area contributed by atoms with Gasteiger partial charge in [0.25, 0.3) is 0 Å². The molecule has 3 heteroatoms. The smallest absolute Gasteiger partial charge is 0.123 e. The van der Waals surface area contributed by atoms with Crippen LogP contribution in [0.4, 0.5) is 4.39 Å². The second kappa shape index (κ2) is 7.83. The second-order valence-electron chi connectivity index (χ2n) is 4.60. The molecule has 1 aromatic carbocycles. The van der Waals surface area contributed by atoms with Gasteiger partial charge in [0.15, 0.2) is 0 Å². The van der Waals surface area contributed by atoms with E-state index in [0.29, 0.717) is 11.2 Å². The predicted molar refractivity (Wildman–Crippen MR) is 73.0 cm³/mol. The van der Waals surface area contributed by atoms with Crippen LogP contribution in [0.3, 0.4) is 0 Å². The molecule has 0 fully saturated rings. The zero-order chi connectivity index (χ0) is 12.7. The van der Waals surface area contributed by atoms with Gasteiger partial charge in [-0.3, -0.25) is 0 Å². The van der Waals surface area contributed by atoms with Gasteiger partial charge in [-0.15, -0.1) is 0 Å². The summed E-state index contributed by atoms with van der Waals surface area (Å²) in [7, 11) is 0. The Balaban J connectivity index is 2.43. The van der Waals surface area contributed by atoms with Crippen molar-refractivity contribution in [2.24, 2.45) is 5.92 Å². The minimum absolute atomic E-state index is 0.0575. The molecule has 0 spiro atoms. The average Bonchev–Trinajstić information content (AvgIpc) is 2.29. The highest BCUT2D eigenvalue weighted by Gasteiger charge is 2.11. The van der Waals surface area contributed by atoms with Crippen molar-refractivity contribution in [3.05, 3.63) is 35.6 Å². The largest absolute Gasteiger partial charge is 0.373 e. The van der Waals surface area contributed by atoms with Crippen LogP contribution in [0.5, 0.6) is 0 Å². The third kappa shape index (κ3) is 5.64. The Bertz CT molecular complexity index is 328. The molecule has 0 saturated carbocycles. The molecule has 0 aliphatic heterocycles. The molecular weight excluding hydrogens is 283 g/mol. The van der Waals surface area contributed by atoms with Crippen LogP contribution in [-0.4, -0.2) is 11.9 Å². The summed E-state index contributed by atoms with van der Waals surface area (Å²) >= 11 is 3.41. The normalized spacial score (nSPS) is 13.0. The lowest BCUT2D eigenvalue weighted by molar-refractivity contribution is 0.0653. The SMILES string of the molecule is CC(C)CCCOC(CBr)c1cccc(F)c1. The zero-order valence-corrected chi connectivity index (χ0v) is 12.0. The molecule has 1 unspecified atom stereocenters. The van der Waals surface area contributed by atoms with Crippen molar-refractivity contribution in [1.82, 2.24) is 0 Å².